The smallest absolute Gasteiger partial charge is 0.262 e. The first-order valence-corrected chi connectivity index (χ1v) is 6.33. The van der Waals surface area contributed by atoms with Gasteiger partial charge in [-0.1, -0.05) is 0 Å². The summed E-state index contributed by atoms with van der Waals surface area (Å²) in [6.07, 6.45) is 0.756. The second kappa shape index (κ2) is 5.28. The zero-order valence-corrected chi connectivity index (χ0v) is 10.6. The number of thiophene rings is 1. The number of aromatic nitrogens is 2. The Morgan fingerprint density at radius 2 is 2.44 bits per heavy atom. The van der Waals surface area contributed by atoms with Gasteiger partial charge in [-0.3, -0.25) is 14.2 Å². The van der Waals surface area contributed by atoms with Crippen LogP contribution in [-0.4, -0.2) is 33.2 Å². The number of hydrogen-bond donors (Lipinski definition) is 2. The van der Waals surface area contributed by atoms with Gasteiger partial charge in [0.15, 0.2) is 0 Å². The summed E-state index contributed by atoms with van der Waals surface area (Å²) in [6, 6.07) is 1.69. The van der Waals surface area contributed by atoms with Crippen LogP contribution >= 0.6 is 11.3 Å². The molecule has 2 N–H and O–H groups in total. The molecule has 0 radical (unpaired) electrons. The van der Waals surface area contributed by atoms with Gasteiger partial charge in [0, 0.05) is 6.54 Å². The molecule has 1 amide bonds. The summed E-state index contributed by atoms with van der Waals surface area (Å²) in [5, 5.41) is 13.9. The molecule has 0 aliphatic rings. The van der Waals surface area contributed by atoms with Gasteiger partial charge in [0.1, 0.15) is 11.4 Å². The van der Waals surface area contributed by atoms with E-state index in [2.05, 4.69) is 10.3 Å². The first-order chi connectivity index (χ1) is 8.58. The van der Waals surface area contributed by atoms with E-state index in [1.165, 1.54) is 22.2 Å². The highest BCUT2D eigenvalue weighted by atomic mass is 32.1. The Morgan fingerprint density at radius 1 is 1.67 bits per heavy atom. The molecule has 2 heterocycles. The average molecular weight is 267 g/mol. The van der Waals surface area contributed by atoms with E-state index < -0.39 is 6.10 Å². The van der Waals surface area contributed by atoms with Gasteiger partial charge in [-0.25, -0.2) is 4.98 Å². The predicted octanol–water partition coefficient (Wildman–Crippen LogP) is -0.0450. The van der Waals surface area contributed by atoms with Crippen LogP contribution in [0.5, 0.6) is 0 Å². The van der Waals surface area contributed by atoms with Crippen molar-refractivity contribution >= 4 is 27.5 Å². The fourth-order valence-electron chi connectivity index (χ4n) is 1.48. The van der Waals surface area contributed by atoms with Crippen molar-refractivity contribution in [3.05, 3.63) is 28.1 Å². The fourth-order valence-corrected chi connectivity index (χ4v) is 2.20. The van der Waals surface area contributed by atoms with E-state index in [4.69, 9.17) is 5.11 Å². The Bertz CT molecular complexity index is 617. The molecule has 0 aliphatic heterocycles. The second-order valence-corrected chi connectivity index (χ2v) is 4.86. The highest BCUT2D eigenvalue weighted by Crippen LogP contribution is 2.12. The Balaban J connectivity index is 2.14. The summed E-state index contributed by atoms with van der Waals surface area (Å²) in [5.74, 6) is -0.325. The summed E-state index contributed by atoms with van der Waals surface area (Å²) in [7, 11) is 0. The normalized spacial score (nSPS) is 12.6. The lowest BCUT2D eigenvalue weighted by molar-refractivity contribution is -0.122. The summed E-state index contributed by atoms with van der Waals surface area (Å²) in [6.45, 7) is 1.65. The molecule has 0 saturated carbocycles. The second-order valence-electron chi connectivity index (χ2n) is 3.97. The van der Waals surface area contributed by atoms with E-state index in [0.717, 1.165) is 0 Å². The predicted molar refractivity (Wildman–Crippen MR) is 68.6 cm³/mol. The number of fused-ring (bicyclic) bond motifs is 1. The molecule has 18 heavy (non-hydrogen) atoms. The van der Waals surface area contributed by atoms with E-state index in [-0.39, 0.29) is 24.6 Å². The van der Waals surface area contributed by atoms with Crippen LogP contribution in [0.15, 0.2) is 22.6 Å². The van der Waals surface area contributed by atoms with Crippen molar-refractivity contribution in [2.75, 3.05) is 6.54 Å². The molecule has 6 nitrogen and oxygen atoms in total. The number of aliphatic hydroxyl groups is 1. The highest BCUT2D eigenvalue weighted by molar-refractivity contribution is 7.16. The standard InChI is InChI=1S/C11H13N3O3S/c1-7(15)4-12-9(16)5-14-6-13-10-8(11(14)17)2-3-18-10/h2-3,6-7,15H,4-5H2,1H3,(H,12,16). The summed E-state index contributed by atoms with van der Waals surface area (Å²) in [5.41, 5.74) is -0.228. The Labute approximate surface area is 107 Å². The van der Waals surface area contributed by atoms with E-state index in [1.807, 2.05) is 0 Å². The third-order valence-corrected chi connectivity index (χ3v) is 3.18. The lowest BCUT2D eigenvalue weighted by Crippen LogP contribution is -2.35. The first kappa shape index (κ1) is 12.7. The third kappa shape index (κ3) is 2.74. The SMILES string of the molecule is CC(O)CNC(=O)Cn1cnc2sccc2c1=O. The molecule has 0 bridgehead atoms. The van der Waals surface area contributed by atoms with Crippen molar-refractivity contribution in [2.45, 2.75) is 19.6 Å². The van der Waals surface area contributed by atoms with Crippen LogP contribution in [0.2, 0.25) is 0 Å². The maximum absolute atomic E-state index is 12.0. The molecule has 7 heteroatoms. The van der Waals surface area contributed by atoms with Gasteiger partial charge >= 0.3 is 0 Å². The van der Waals surface area contributed by atoms with Crippen LogP contribution in [-0.2, 0) is 11.3 Å². The molecule has 0 fully saturated rings. The van der Waals surface area contributed by atoms with Crippen LogP contribution in [0.25, 0.3) is 10.2 Å². The van der Waals surface area contributed by atoms with Gasteiger partial charge in [-0.05, 0) is 18.4 Å². The molecular weight excluding hydrogens is 254 g/mol. The maximum Gasteiger partial charge on any atom is 0.262 e. The quantitative estimate of drug-likeness (QED) is 0.814. The molecule has 2 rings (SSSR count). The molecule has 96 valence electrons. The summed E-state index contributed by atoms with van der Waals surface area (Å²) < 4.78 is 1.26. The third-order valence-electron chi connectivity index (χ3n) is 2.36. The zero-order chi connectivity index (χ0) is 13.1. The van der Waals surface area contributed by atoms with Crippen molar-refractivity contribution in [1.82, 2.24) is 14.9 Å². The maximum atomic E-state index is 12.0. The zero-order valence-electron chi connectivity index (χ0n) is 9.79. The van der Waals surface area contributed by atoms with Gasteiger partial charge in [0.25, 0.3) is 5.56 Å². The van der Waals surface area contributed by atoms with E-state index in [9.17, 15) is 9.59 Å². The molecule has 0 aromatic carbocycles. The van der Waals surface area contributed by atoms with Crippen molar-refractivity contribution in [3.8, 4) is 0 Å². The molecule has 2 aromatic heterocycles. The summed E-state index contributed by atoms with van der Waals surface area (Å²) in [4.78, 5) is 28.3. The number of nitrogens with one attached hydrogen (secondary N) is 1. The van der Waals surface area contributed by atoms with E-state index in [0.29, 0.717) is 10.2 Å². The van der Waals surface area contributed by atoms with Gasteiger partial charge in [0.05, 0.1) is 17.8 Å². The van der Waals surface area contributed by atoms with Crippen LogP contribution in [0.3, 0.4) is 0 Å². The number of rotatable bonds is 4. The van der Waals surface area contributed by atoms with Crippen LogP contribution < -0.4 is 10.9 Å². The number of amides is 1. The molecular formula is C11H13N3O3S. The lowest BCUT2D eigenvalue weighted by Gasteiger charge is -2.08. The van der Waals surface area contributed by atoms with Crippen molar-refractivity contribution in [2.24, 2.45) is 0 Å². The van der Waals surface area contributed by atoms with Gasteiger partial charge in [0.2, 0.25) is 5.91 Å². The molecule has 0 spiro atoms. The Morgan fingerprint density at radius 3 is 3.17 bits per heavy atom. The van der Waals surface area contributed by atoms with Crippen LogP contribution in [0.4, 0.5) is 0 Å². The van der Waals surface area contributed by atoms with Gasteiger partial charge in [-0.2, -0.15) is 0 Å². The van der Waals surface area contributed by atoms with Gasteiger partial charge < -0.3 is 10.4 Å². The lowest BCUT2D eigenvalue weighted by atomic mass is 10.4. The Kier molecular flexibility index (Phi) is 3.73. The molecule has 0 saturated heterocycles. The Hall–Kier alpha value is -1.73. The minimum absolute atomic E-state index is 0.0929. The first-order valence-electron chi connectivity index (χ1n) is 5.45. The van der Waals surface area contributed by atoms with Crippen molar-refractivity contribution in [1.29, 1.82) is 0 Å². The summed E-state index contributed by atoms with van der Waals surface area (Å²) >= 11 is 1.39. The minimum atomic E-state index is -0.608. The number of aliphatic hydroxyl groups excluding tert-OH is 1. The monoisotopic (exact) mass is 267 g/mol. The van der Waals surface area contributed by atoms with Crippen molar-refractivity contribution in [3.63, 3.8) is 0 Å². The van der Waals surface area contributed by atoms with E-state index >= 15 is 0 Å². The van der Waals surface area contributed by atoms with Gasteiger partial charge in [-0.15, -0.1) is 11.3 Å². The largest absolute Gasteiger partial charge is 0.392 e. The number of carbonyl (C=O) groups excluding carboxylic acids is 1. The van der Waals surface area contributed by atoms with Crippen molar-refractivity contribution < 1.29 is 9.90 Å². The average Bonchev–Trinajstić information content (AvgIpc) is 2.79. The fraction of sp³-hybridized carbons (Fsp3) is 0.364. The molecule has 1 atom stereocenters. The number of carbonyl (C=O) groups is 1. The molecule has 1 unspecified atom stereocenters. The number of hydrogen-bond acceptors (Lipinski definition) is 5. The minimum Gasteiger partial charge on any atom is -0.392 e. The van der Waals surface area contributed by atoms with E-state index in [1.54, 1.807) is 18.4 Å². The van der Waals surface area contributed by atoms with Crippen LogP contribution in [0.1, 0.15) is 6.92 Å². The highest BCUT2D eigenvalue weighted by Gasteiger charge is 2.09. The van der Waals surface area contributed by atoms with Crippen LogP contribution in [0, 0.1) is 0 Å². The molecule has 2 aromatic rings. The number of nitrogens with zero attached hydrogens (tertiary/aromatic N) is 2. The topological polar surface area (TPSA) is 84.2 Å². The molecule has 0 aliphatic carbocycles.